The van der Waals surface area contributed by atoms with E-state index in [1.807, 2.05) is 32.0 Å². The number of amides is 8. The Kier molecular flexibility index (Phi) is 26.6. The van der Waals surface area contributed by atoms with Gasteiger partial charge in [0.25, 0.3) is 11.8 Å². The van der Waals surface area contributed by atoms with Crippen molar-refractivity contribution in [3.63, 3.8) is 0 Å². The number of nitrogens with zero attached hydrogens (tertiary/aromatic N) is 4. The van der Waals surface area contributed by atoms with E-state index in [2.05, 4.69) is 21.3 Å². The third-order valence-corrected chi connectivity index (χ3v) is 15.7. The third-order valence-electron chi connectivity index (χ3n) is 15.7. The first-order valence-corrected chi connectivity index (χ1v) is 29.0. The minimum absolute atomic E-state index is 0.00685. The molecule has 0 aromatic heterocycles. The van der Waals surface area contributed by atoms with Crippen LogP contribution in [0.25, 0.3) is 0 Å². The second kappa shape index (κ2) is 32.9. The smallest absolute Gasteiger partial charge is 0.412 e. The summed E-state index contributed by atoms with van der Waals surface area (Å²) in [7, 11) is 6.02. The maximum Gasteiger partial charge on any atom is 0.412 e. The molecule has 5 rings (SSSR count). The number of aliphatic hydroxyl groups is 1. The van der Waals surface area contributed by atoms with E-state index in [9.17, 15) is 48.3 Å². The number of likely N-dealkylation sites (tertiary alicyclic amines) is 1. The SMILES string of the molecule is CC[C@H](C)[C@@H]([C@@H](CC(=O)N1CCC[C@H]1[C@H](OC)[C@@H](C)C(=O)N[C@H](C)[C@@H](O)c1ccccc1)OC)N(C)C(=O)[C@H](NC(=O)[C@H](C(C)C)N(C)C(=O)OCc1ccc(NC(=O)OC2/C=C/COCOC2)c(NCC(=O)ON2C(=O)CCC2=O)c1)C(C)C. The van der Waals surface area contributed by atoms with Gasteiger partial charge in [0, 0.05) is 47.7 Å². The molecule has 85 heavy (non-hydrogen) atoms. The molecule has 2 aromatic carbocycles. The lowest BCUT2D eigenvalue weighted by Gasteiger charge is -2.41. The molecule has 5 N–H and O–H groups in total. The van der Waals surface area contributed by atoms with Crippen LogP contribution >= 0.6 is 0 Å². The number of carbonyl (C=O) groups is 9. The molecule has 0 radical (unpaired) electrons. The highest BCUT2D eigenvalue weighted by molar-refractivity contribution is 6.02. The molecule has 3 aliphatic rings. The van der Waals surface area contributed by atoms with Crippen LogP contribution in [0.1, 0.15) is 111 Å². The molecule has 1 unspecified atom stereocenters. The highest BCUT2D eigenvalue weighted by atomic mass is 16.7. The molecule has 25 nitrogen and oxygen atoms in total. The maximum atomic E-state index is 14.8. The van der Waals surface area contributed by atoms with Crippen LogP contribution in [0.2, 0.25) is 0 Å². The van der Waals surface area contributed by atoms with Crippen LogP contribution in [-0.2, 0) is 73.4 Å². The number of hydroxylamine groups is 2. The van der Waals surface area contributed by atoms with Crippen LogP contribution < -0.4 is 21.3 Å². The first-order chi connectivity index (χ1) is 40.4. The Labute approximate surface area is 498 Å². The van der Waals surface area contributed by atoms with Gasteiger partial charge in [-0.1, -0.05) is 97.4 Å². The predicted molar refractivity (Wildman–Crippen MR) is 310 cm³/mol. The molecule has 0 bridgehead atoms. The Morgan fingerprint density at radius 2 is 1.53 bits per heavy atom. The summed E-state index contributed by atoms with van der Waals surface area (Å²) >= 11 is 0. The number of nitrogens with one attached hydrogen (secondary N) is 4. The highest BCUT2D eigenvalue weighted by Crippen LogP contribution is 2.31. The van der Waals surface area contributed by atoms with Gasteiger partial charge >= 0.3 is 18.2 Å². The van der Waals surface area contributed by atoms with Gasteiger partial charge in [0.2, 0.25) is 23.6 Å². The Morgan fingerprint density at radius 1 is 0.835 bits per heavy atom. The first kappa shape index (κ1) is 68.6. The van der Waals surface area contributed by atoms with Crippen molar-refractivity contribution in [2.75, 3.05) is 72.0 Å². The maximum absolute atomic E-state index is 14.8. The van der Waals surface area contributed by atoms with Crippen molar-refractivity contribution in [1.29, 1.82) is 0 Å². The van der Waals surface area contributed by atoms with Gasteiger partial charge in [-0.15, -0.1) is 5.06 Å². The first-order valence-electron chi connectivity index (χ1n) is 29.0. The normalized spacial score (nSPS) is 19.8. The summed E-state index contributed by atoms with van der Waals surface area (Å²) in [4.78, 5) is 131. The molecule has 0 spiro atoms. The number of methoxy groups -OCH3 is 2. The zero-order chi connectivity index (χ0) is 62.7. The molecule has 0 aliphatic carbocycles. The van der Waals surface area contributed by atoms with E-state index in [0.717, 1.165) is 4.90 Å². The Morgan fingerprint density at radius 3 is 2.16 bits per heavy atom. The number of carbonyl (C=O) groups excluding carboxylic acids is 9. The number of likely N-dealkylation sites (N-methyl/N-ethyl adjacent to an activating group) is 2. The van der Waals surface area contributed by atoms with Crippen molar-refractivity contribution in [2.45, 2.75) is 155 Å². The van der Waals surface area contributed by atoms with E-state index >= 15 is 0 Å². The molecule has 2 aromatic rings. The minimum atomic E-state index is -1.13. The fourth-order valence-electron chi connectivity index (χ4n) is 10.8. The number of anilines is 2. The van der Waals surface area contributed by atoms with E-state index in [1.165, 1.54) is 44.4 Å². The van der Waals surface area contributed by atoms with Crippen molar-refractivity contribution in [2.24, 2.45) is 23.7 Å². The van der Waals surface area contributed by atoms with Gasteiger partial charge in [0.1, 0.15) is 38.1 Å². The second-order valence-electron chi connectivity index (χ2n) is 22.5. The van der Waals surface area contributed by atoms with Gasteiger partial charge in [0.05, 0.1) is 73.4 Å². The summed E-state index contributed by atoms with van der Waals surface area (Å²) in [6, 6.07) is 9.61. The summed E-state index contributed by atoms with van der Waals surface area (Å²) in [5.41, 5.74) is 1.30. The lowest BCUT2D eigenvalue weighted by Crippen LogP contribution is -2.60. The highest BCUT2D eigenvalue weighted by Gasteiger charge is 2.44. The van der Waals surface area contributed by atoms with Gasteiger partial charge in [-0.05, 0) is 66.9 Å². The Bertz CT molecular complexity index is 2630. The van der Waals surface area contributed by atoms with E-state index in [4.69, 9.17) is 33.3 Å². The molecule has 25 heteroatoms. The average Bonchev–Trinajstić information content (AvgIpc) is 4.29. The standard InChI is InChI=1S/C60H88N8O17/c1-13-37(6)53(46(79-11)30-49(71)67-27-17-22-45(67)55(80-12)38(7)56(74)62-39(8)54(73)41-19-15-14-16-20-41)65(9)58(76)51(35(2)3)64-57(75)52(36(4)5)66(10)60(78)83-32-40-23-24-43(63-59(77)84-42-21-18-28-81-34-82-33-42)44(29-40)61-31-50(72)85-68-47(69)25-26-48(68)70/h14-16,18-21,23-24,29,35-39,42,45-46,51-55,61,73H,13,17,22,25-28,30-34H2,1-12H3,(H,62,74)(H,63,77)(H,64,75)/b21-18+/t37-,38+,39+,42?,45-,46+,51+,52-,53-,54+,55+/m0/s1. The van der Waals surface area contributed by atoms with E-state index < -0.39 is 121 Å². The summed E-state index contributed by atoms with van der Waals surface area (Å²) in [5, 5.41) is 22.6. The summed E-state index contributed by atoms with van der Waals surface area (Å²) in [6.07, 6.45) is -0.0698. The zero-order valence-electron chi connectivity index (χ0n) is 51.0. The summed E-state index contributed by atoms with van der Waals surface area (Å²) in [5.74, 6) is -5.77. The molecule has 11 atom stereocenters. The summed E-state index contributed by atoms with van der Waals surface area (Å²) < 4.78 is 33.8. The van der Waals surface area contributed by atoms with Crippen molar-refractivity contribution >= 4 is 65.0 Å². The second-order valence-corrected chi connectivity index (χ2v) is 22.5. The van der Waals surface area contributed by atoms with E-state index in [1.54, 1.807) is 77.8 Å². The lowest BCUT2D eigenvalue weighted by atomic mass is 9.89. The van der Waals surface area contributed by atoms with Crippen LogP contribution in [0.15, 0.2) is 60.7 Å². The molecular weight excluding hydrogens is 1100 g/mol. The van der Waals surface area contributed by atoms with Gasteiger partial charge in [-0.25, -0.2) is 14.4 Å². The minimum Gasteiger partial charge on any atom is -0.445 e. The lowest BCUT2D eigenvalue weighted by molar-refractivity contribution is -0.196. The van der Waals surface area contributed by atoms with Crippen LogP contribution in [0.3, 0.4) is 0 Å². The average molecular weight is 1190 g/mol. The van der Waals surface area contributed by atoms with E-state index in [-0.39, 0.29) is 75.0 Å². The van der Waals surface area contributed by atoms with Gasteiger partial charge in [0.15, 0.2) is 0 Å². The van der Waals surface area contributed by atoms with Gasteiger partial charge in [-0.2, -0.15) is 0 Å². The van der Waals surface area contributed by atoms with Crippen LogP contribution in [0.4, 0.5) is 21.0 Å². The fourth-order valence-corrected chi connectivity index (χ4v) is 10.8. The van der Waals surface area contributed by atoms with Crippen molar-refractivity contribution in [3.05, 3.63) is 71.8 Å². The topological polar surface area (TPSA) is 300 Å². The third kappa shape index (κ3) is 18.9. The number of ether oxygens (including phenoxy) is 6. The van der Waals surface area contributed by atoms with E-state index in [0.29, 0.717) is 42.0 Å². The number of hydrogen-bond acceptors (Lipinski definition) is 18. The zero-order valence-corrected chi connectivity index (χ0v) is 51.0. The number of benzene rings is 2. The number of imide groups is 1. The van der Waals surface area contributed by atoms with Crippen LogP contribution in [0, 0.1) is 23.7 Å². The molecule has 0 saturated carbocycles. The van der Waals surface area contributed by atoms with Crippen molar-refractivity contribution in [3.8, 4) is 0 Å². The van der Waals surface area contributed by atoms with Gasteiger partial charge < -0.3 is 64.1 Å². The molecule has 3 aliphatic heterocycles. The monoisotopic (exact) mass is 1190 g/mol. The number of rotatable bonds is 28. The van der Waals surface area contributed by atoms with Crippen LogP contribution in [-0.4, -0.2) is 188 Å². The molecular formula is C60H88N8O17. The number of aliphatic hydroxyl groups excluding tert-OH is 1. The van der Waals surface area contributed by atoms with Gasteiger partial charge in [-0.3, -0.25) is 39.0 Å². The summed E-state index contributed by atoms with van der Waals surface area (Å²) in [6.45, 7) is 14.2. The number of hydrogen-bond donors (Lipinski definition) is 5. The largest absolute Gasteiger partial charge is 0.445 e. The quantitative estimate of drug-likeness (QED) is 0.0548. The molecule has 2 fully saturated rings. The van der Waals surface area contributed by atoms with Crippen LogP contribution in [0.5, 0.6) is 0 Å². The predicted octanol–water partition coefficient (Wildman–Crippen LogP) is 5.08. The fraction of sp³-hybridized carbons (Fsp3) is 0.617. The Hall–Kier alpha value is -7.19. The van der Waals surface area contributed by atoms with Crippen molar-refractivity contribution in [1.82, 2.24) is 30.4 Å². The van der Waals surface area contributed by atoms with Crippen molar-refractivity contribution < 1.29 is 81.5 Å². The Balaban J connectivity index is 1.25. The molecule has 3 heterocycles. The molecule has 2 saturated heterocycles. The molecule has 8 amide bonds. The molecule has 470 valence electrons.